The lowest BCUT2D eigenvalue weighted by Crippen LogP contribution is -2.14. The third-order valence-corrected chi connectivity index (χ3v) is 4.11. The van der Waals surface area contributed by atoms with Crippen molar-refractivity contribution < 1.29 is 9.53 Å². The molecule has 0 saturated carbocycles. The first-order valence-corrected chi connectivity index (χ1v) is 8.28. The second kappa shape index (κ2) is 8.01. The van der Waals surface area contributed by atoms with Gasteiger partial charge in [0, 0.05) is 34.2 Å². The Morgan fingerprint density at radius 2 is 1.64 bits per heavy atom. The predicted octanol–water partition coefficient (Wildman–Crippen LogP) is 5.36. The molecule has 3 rings (SSSR count). The van der Waals surface area contributed by atoms with Gasteiger partial charge in [0.1, 0.15) is 11.5 Å². The molecular formula is C19H14Cl2N2O2. The summed E-state index contributed by atoms with van der Waals surface area (Å²) in [5.41, 5.74) is 1.23. The van der Waals surface area contributed by atoms with E-state index in [-0.39, 0.29) is 12.3 Å². The summed E-state index contributed by atoms with van der Waals surface area (Å²) in [5.74, 6) is 1.07. The van der Waals surface area contributed by atoms with Crippen molar-refractivity contribution in [3.05, 3.63) is 82.6 Å². The van der Waals surface area contributed by atoms with Crippen LogP contribution in [0.2, 0.25) is 10.0 Å². The highest BCUT2D eigenvalue weighted by molar-refractivity contribution is 6.36. The van der Waals surface area contributed by atoms with Gasteiger partial charge in [0.2, 0.25) is 5.91 Å². The van der Waals surface area contributed by atoms with Gasteiger partial charge in [-0.15, -0.1) is 0 Å². The Balaban J connectivity index is 1.68. The minimum Gasteiger partial charge on any atom is -0.457 e. The summed E-state index contributed by atoms with van der Waals surface area (Å²) >= 11 is 12.2. The summed E-state index contributed by atoms with van der Waals surface area (Å²) in [6.07, 6.45) is 3.39. The molecule has 0 bridgehead atoms. The summed E-state index contributed by atoms with van der Waals surface area (Å²) in [4.78, 5) is 16.2. The molecule has 0 aliphatic heterocycles. The molecule has 6 heteroatoms. The van der Waals surface area contributed by atoms with E-state index in [1.54, 1.807) is 67.0 Å². The van der Waals surface area contributed by atoms with E-state index < -0.39 is 0 Å². The molecule has 1 N–H and O–H groups in total. The largest absolute Gasteiger partial charge is 0.457 e. The van der Waals surface area contributed by atoms with E-state index in [1.165, 1.54) is 0 Å². The highest BCUT2D eigenvalue weighted by Gasteiger charge is 2.11. The maximum Gasteiger partial charge on any atom is 0.228 e. The first kappa shape index (κ1) is 17.3. The SMILES string of the molecule is O=C(Cc1c(Cl)cccc1Cl)Nc1cccc(Oc2ccncc2)c1. The van der Waals surface area contributed by atoms with Crippen LogP contribution in [-0.4, -0.2) is 10.9 Å². The number of halogens is 2. The number of nitrogens with one attached hydrogen (secondary N) is 1. The summed E-state index contributed by atoms with van der Waals surface area (Å²) < 4.78 is 5.72. The first-order chi connectivity index (χ1) is 12.1. The van der Waals surface area contributed by atoms with Crippen molar-refractivity contribution in [3.8, 4) is 11.5 Å². The lowest BCUT2D eigenvalue weighted by atomic mass is 10.1. The number of ether oxygens (including phenoxy) is 1. The van der Waals surface area contributed by atoms with Crippen molar-refractivity contribution in [2.75, 3.05) is 5.32 Å². The number of hydrogen-bond donors (Lipinski definition) is 1. The van der Waals surface area contributed by atoms with Crippen LogP contribution in [0.15, 0.2) is 67.0 Å². The third kappa shape index (κ3) is 4.72. The minimum absolute atomic E-state index is 0.0912. The number of pyridine rings is 1. The van der Waals surface area contributed by atoms with Crippen LogP contribution in [0.1, 0.15) is 5.56 Å². The molecule has 0 aliphatic carbocycles. The highest BCUT2D eigenvalue weighted by atomic mass is 35.5. The molecule has 0 saturated heterocycles. The quantitative estimate of drug-likeness (QED) is 0.655. The van der Waals surface area contributed by atoms with E-state index >= 15 is 0 Å². The number of rotatable bonds is 5. The molecule has 4 nitrogen and oxygen atoms in total. The number of aromatic nitrogens is 1. The number of amides is 1. The van der Waals surface area contributed by atoms with Crippen LogP contribution in [0.3, 0.4) is 0 Å². The Kier molecular flexibility index (Phi) is 5.53. The number of nitrogens with zero attached hydrogens (tertiary/aromatic N) is 1. The van der Waals surface area contributed by atoms with E-state index in [4.69, 9.17) is 27.9 Å². The number of benzene rings is 2. The van der Waals surface area contributed by atoms with E-state index in [2.05, 4.69) is 10.3 Å². The molecule has 0 radical (unpaired) electrons. The molecule has 126 valence electrons. The number of anilines is 1. The zero-order valence-electron chi connectivity index (χ0n) is 13.1. The van der Waals surface area contributed by atoms with E-state index in [9.17, 15) is 4.79 Å². The molecule has 3 aromatic rings. The van der Waals surface area contributed by atoms with E-state index in [0.29, 0.717) is 32.8 Å². The van der Waals surface area contributed by atoms with Crippen LogP contribution in [0.4, 0.5) is 5.69 Å². The number of carbonyl (C=O) groups excluding carboxylic acids is 1. The molecule has 25 heavy (non-hydrogen) atoms. The van der Waals surface area contributed by atoms with Crippen LogP contribution >= 0.6 is 23.2 Å². The standard InChI is InChI=1S/C19H14Cl2N2O2/c20-17-5-2-6-18(21)16(17)12-19(24)23-13-3-1-4-15(11-13)25-14-7-9-22-10-8-14/h1-11H,12H2,(H,23,24). The van der Waals surface area contributed by atoms with Gasteiger partial charge in [0.05, 0.1) is 6.42 Å². The summed E-state index contributed by atoms with van der Waals surface area (Å²) in [6.45, 7) is 0. The van der Waals surface area contributed by atoms with Gasteiger partial charge in [-0.05, 0) is 42.0 Å². The molecule has 1 aromatic heterocycles. The number of carbonyl (C=O) groups is 1. The summed E-state index contributed by atoms with van der Waals surface area (Å²) in [7, 11) is 0. The average Bonchev–Trinajstić information content (AvgIpc) is 2.59. The van der Waals surface area contributed by atoms with Gasteiger partial charge in [-0.2, -0.15) is 0 Å². The zero-order valence-corrected chi connectivity index (χ0v) is 14.6. The molecule has 2 aromatic carbocycles. The molecule has 1 heterocycles. The lowest BCUT2D eigenvalue weighted by molar-refractivity contribution is -0.115. The molecule has 0 atom stereocenters. The molecule has 0 aliphatic rings. The summed E-state index contributed by atoms with van der Waals surface area (Å²) in [6, 6.07) is 15.8. The normalized spacial score (nSPS) is 10.3. The Morgan fingerprint density at radius 1 is 0.960 bits per heavy atom. The average molecular weight is 373 g/mol. The lowest BCUT2D eigenvalue weighted by Gasteiger charge is -2.10. The fourth-order valence-corrected chi connectivity index (χ4v) is 2.78. The van der Waals surface area contributed by atoms with E-state index in [1.807, 2.05) is 0 Å². The molecular weight excluding hydrogens is 359 g/mol. The smallest absolute Gasteiger partial charge is 0.228 e. The maximum absolute atomic E-state index is 12.3. The van der Waals surface area contributed by atoms with Crippen LogP contribution in [0.25, 0.3) is 0 Å². The van der Waals surface area contributed by atoms with Crippen molar-refractivity contribution in [3.63, 3.8) is 0 Å². The topological polar surface area (TPSA) is 51.2 Å². The molecule has 1 amide bonds. The third-order valence-electron chi connectivity index (χ3n) is 3.40. The van der Waals surface area contributed by atoms with Gasteiger partial charge in [-0.3, -0.25) is 9.78 Å². The van der Waals surface area contributed by atoms with Crippen molar-refractivity contribution >= 4 is 34.8 Å². The van der Waals surface area contributed by atoms with Crippen molar-refractivity contribution in [2.24, 2.45) is 0 Å². The summed E-state index contributed by atoms with van der Waals surface area (Å²) in [5, 5.41) is 3.76. The number of hydrogen-bond acceptors (Lipinski definition) is 3. The Bertz CT molecular complexity index is 865. The van der Waals surface area contributed by atoms with Crippen LogP contribution in [0.5, 0.6) is 11.5 Å². The molecule has 0 fully saturated rings. The second-order valence-electron chi connectivity index (χ2n) is 5.24. The fraction of sp³-hybridized carbons (Fsp3) is 0.0526. The van der Waals surface area contributed by atoms with Gasteiger partial charge in [-0.25, -0.2) is 0 Å². The monoisotopic (exact) mass is 372 g/mol. The van der Waals surface area contributed by atoms with E-state index in [0.717, 1.165) is 0 Å². The van der Waals surface area contributed by atoms with Crippen molar-refractivity contribution in [2.45, 2.75) is 6.42 Å². The maximum atomic E-state index is 12.3. The Hall–Kier alpha value is -2.56. The van der Waals surface area contributed by atoms with Crippen molar-refractivity contribution in [1.82, 2.24) is 4.98 Å². The fourth-order valence-electron chi connectivity index (χ4n) is 2.25. The van der Waals surface area contributed by atoms with Gasteiger partial charge < -0.3 is 10.1 Å². The molecule has 0 unspecified atom stereocenters. The van der Waals surface area contributed by atoms with Crippen LogP contribution < -0.4 is 10.1 Å². The Morgan fingerprint density at radius 3 is 2.36 bits per heavy atom. The zero-order chi connectivity index (χ0) is 17.6. The molecule has 0 spiro atoms. The highest BCUT2D eigenvalue weighted by Crippen LogP contribution is 2.26. The minimum atomic E-state index is -0.212. The van der Waals surface area contributed by atoms with Crippen molar-refractivity contribution in [1.29, 1.82) is 0 Å². The van der Waals surface area contributed by atoms with Crippen LogP contribution in [0, 0.1) is 0 Å². The van der Waals surface area contributed by atoms with Crippen LogP contribution in [-0.2, 0) is 11.2 Å². The van der Waals surface area contributed by atoms with Gasteiger partial charge in [-0.1, -0.05) is 35.3 Å². The predicted molar refractivity (Wildman–Crippen MR) is 99.5 cm³/mol. The van der Waals surface area contributed by atoms with Gasteiger partial charge >= 0.3 is 0 Å². The Labute approximate surface area is 155 Å². The second-order valence-corrected chi connectivity index (χ2v) is 6.05. The van der Waals surface area contributed by atoms with Gasteiger partial charge in [0.15, 0.2) is 0 Å². The first-order valence-electron chi connectivity index (χ1n) is 7.52. The van der Waals surface area contributed by atoms with Gasteiger partial charge in [0.25, 0.3) is 0 Å².